The number of anilines is 1. The molecular formula is C20H18N4O2S. The Morgan fingerprint density at radius 3 is 2.67 bits per heavy atom. The second kappa shape index (κ2) is 7.28. The summed E-state index contributed by atoms with van der Waals surface area (Å²) >= 11 is 1.47. The molecule has 136 valence electrons. The zero-order valence-electron chi connectivity index (χ0n) is 15.0. The van der Waals surface area contributed by atoms with Crippen molar-refractivity contribution in [1.82, 2.24) is 15.2 Å². The van der Waals surface area contributed by atoms with Crippen LogP contribution in [0.15, 0.2) is 46.9 Å². The van der Waals surface area contributed by atoms with Crippen LogP contribution in [-0.2, 0) is 11.2 Å². The standard InChI is InChI=1S/C20H18N4O2S/c1-12-3-6-14(7-4-12)19-24-23-18(26-19)10-9-17(25)22-20-21-15-8-5-13(2)11-16(15)27-20/h3-8,11H,9-10H2,1-2H3,(H,21,22,25). The van der Waals surface area contributed by atoms with Crippen molar-refractivity contribution < 1.29 is 9.21 Å². The van der Waals surface area contributed by atoms with Crippen LogP contribution in [0.2, 0.25) is 0 Å². The second-order valence-corrected chi connectivity index (χ2v) is 7.44. The molecule has 27 heavy (non-hydrogen) atoms. The number of nitrogens with zero attached hydrogens (tertiary/aromatic N) is 3. The molecule has 2 aromatic carbocycles. The van der Waals surface area contributed by atoms with Gasteiger partial charge in [0, 0.05) is 18.4 Å². The van der Waals surface area contributed by atoms with Gasteiger partial charge in [-0.2, -0.15) is 0 Å². The Bertz CT molecular complexity index is 1100. The first-order valence-electron chi connectivity index (χ1n) is 8.63. The molecule has 0 aliphatic rings. The average Bonchev–Trinajstić information content (AvgIpc) is 3.26. The number of carbonyl (C=O) groups is 1. The summed E-state index contributed by atoms with van der Waals surface area (Å²) in [4.78, 5) is 16.6. The number of thiazole rings is 1. The topological polar surface area (TPSA) is 80.9 Å². The van der Waals surface area contributed by atoms with Crippen LogP contribution in [0, 0.1) is 13.8 Å². The number of aryl methyl sites for hydroxylation is 3. The van der Waals surface area contributed by atoms with Crippen molar-refractivity contribution in [2.75, 3.05) is 5.32 Å². The highest BCUT2D eigenvalue weighted by Crippen LogP contribution is 2.26. The van der Waals surface area contributed by atoms with Crippen LogP contribution in [0.1, 0.15) is 23.4 Å². The fourth-order valence-corrected chi connectivity index (χ4v) is 3.64. The monoisotopic (exact) mass is 378 g/mol. The first kappa shape index (κ1) is 17.4. The summed E-state index contributed by atoms with van der Waals surface area (Å²) in [7, 11) is 0. The third-order valence-corrected chi connectivity index (χ3v) is 5.06. The lowest BCUT2D eigenvalue weighted by molar-refractivity contribution is -0.116. The number of amides is 1. The highest BCUT2D eigenvalue weighted by atomic mass is 32.1. The molecular weight excluding hydrogens is 360 g/mol. The van der Waals surface area contributed by atoms with Gasteiger partial charge in [-0.15, -0.1) is 10.2 Å². The van der Waals surface area contributed by atoms with E-state index in [4.69, 9.17) is 4.42 Å². The molecule has 0 unspecified atom stereocenters. The van der Waals surface area contributed by atoms with Crippen LogP contribution >= 0.6 is 11.3 Å². The van der Waals surface area contributed by atoms with Gasteiger partial charge in [-0.05, 0) is 43.7 Å². The van der Waals surface area contributed by atoms with Gasteiger partial charge in [0.2, 0.25) is 17.7 Å². The maximum atomic E-state index is 12.2. The number of hydrogen-bond donors (Lipinski definition) is 1. The molecule has 0 aliphatic carbocycles. The molecule has 1 N–H and O–H groups in total. The maximum Gasteiger partial charge on any atom is 0.247 e. The molecule has 0 saturated heterocycles. The summed E-state index contributed by atoms with van der Waals surface area (Å²) in [5, 5.41) is 11.5. The van der Waals surface area contributed by atoms with Gasteiger partial charge in [0.1, 0.15) is 0 Å². The zero-order chi connectivity index (χ0) is 18.8. The lowest BCUT2D eigenvalue weighted by Crippen LogP contribution is -2.12. The summed E-state index contributed by atoms with van der Waals surface area (Å²) in [5.41, 5.74) is 4.10. The van der Waals surface area contributed by atoms with Gasteiger partial charge in [-0.3, -0.25) is 4.79 Å². The van der Waals surface area contributed by atoms with E-state index in [9.17, 15) is 4.79 Å². The van der Waals surface area contributed by atoms with Gasteiger partial charge in [0.25, 0.3) is 0 Å². The van der Waals surface area contributed by atoms with Crippen molar-refractivity contribution in [3.05, 3.63) is 59.5 Å². The number of aromatic nitrogens is 3. The second-order valence-electron chi connectivity index (χ2n) is 6.41. The van der Waals surface area contributed by atoms with Crippen molar-refractivity contribution in [1.29, 1.82) is 0 Å². The van der Waals surface area contributed by atoms with E-state index in [1.807, 2.05) is 50.2 Å². The van der Waals surface area contributed by atoms with Gasteiger partial charge in [-0.25, -0.2) is 4.98 Å². The number of nitrogens with one attached hydrogen (secondary N) is 1. The molecule has 0 saturated carbocycles. The minimum atomic E-state index is -0.124. The van der Waals surface area contributed by atoms with Crippen molar-refractivity contribution in [3.63, 3.8) is 0 Å². The quantitative estimate of drug-likeness (QED) is 0.552. The molecule has 0 aliphatic heterocycles. The van der Waals surface area contributed by atoms with Gasteiger partial charge >= 0.3 is 0 Å². The Kier molecular flexibility index (Phi) is 4.68. The summed E-state index contributed by atoms with van der Waals surface area (Å²) in [5.74, 6) is 0.786. The van der Waals surface area contributed by atoms with E-state index in [1.165, 1.54) is 22.5 Å². The van der Waals surface area contributed by atoms with E-state index in [-0.39, 0.29) is 12.3 Å². The van der Waals surface area contributed by atoms with Crippen LogP contribution in [0.3, 0.4) is 0 Å². The van der Waals surface area contributed by atoms with E-state index >= 15 is 0 Å². The number of benzene rings is 2. The largest absolute Gasteiger partial charge is 0.421 e. The molecule has 4 aromatic rings. The maximum absolute atomic E-state index is 12.2. The summed E-state index contributed by atoms with van der Waals surface area (Å²) < 4.78 is 6.72. The number of hydrogen-bond acceptors (Lipinski definition) is 6. The predicted octanol–water partition coefficient (Wildman–Crippen LogP) is 4.53. The third kappa shape index (κ3) is 4.03. The van der Waals surface area contributed by atoms with E-state index in [1.54, 1.807) is 0 Å². The third-order valence-electron chi connectivity index (χ3n) is 4.12. The molecule has 2 aromatic heterocycles. The molecule has 0 radical (unpaired) electrons. The summed E-state index contributed by atoms with van der Waals surface area (Å²) in [6.07, 6.45) is 0.638. The number of fused-ring (bicyclic) bond motifs is 1. The lowest BCUT2D eigenvalue weighted by atomic mass is 10.1. The van der Waals surface area contributed by atoms with Crippen molar-refractivity contribution in [2.24, 2.45) is 0 Å². The van der Waals surface area contributed by atoms with Crippen molar-refractivity contribution in [2.45, 2.75) is 26.7 Å². The Morgan fingerprint density at radius 1 is 1.07 bits per heavy atom. The first-order valence-corrected chi connectivity index (χ1v) is 9.45. The van der Waals surface area contributed by atoms with Gasteiger partial charge < -0.3 is 9.73 Å². The van der Waals surface area contributed by atoms with Crippen LogP contribution in [0.4, 0.5) is 5.13 Å². The van der Waals surface area contributed by atoms with Crippen molar-refractivity contribution >= 4 is 32.6 Å². The summed E-state index contributed by atoms with van der Waals surface area (Å²) in [6.45, 7) is 4.06. The number of rotatable bonds is 5. The normalized spacial score (nSPS) is 11.0. The molecule has 0 atom stereocenters. The Hall–Kier alpha value is -3.06. The Balaban J connectivity index is 1.36. The van der Waals surface area contributed by atoms with E-state index in [0.717, 1.165) is 15.8 Å². The fourth-order valence-electron chi connectivity index (χ4n) is 2.65. The molecule has 0 bridgehead atoms. The molecule has 1 amide bonds. The van der Waals surface area contributed by atoms with Crippen LogP contribution in [-0.4, -0.2) is 21.1 Å². The van der Waals surface area contributed by atoms with Crippen LogP contribution < -0.4 is 5.32 Å². The zero-order valence-corrected chi connectivity index (χ0v) is 15.8. The molecule has 0 spiro atoms. The van der Waals surface area contributed by atoms with Gasteiger partial charge in [-0.1, -0.05) is 35.1 Å². The highest BCUT2D eigenvalue weighted by molar-refractivity contribution is 7.22. The molecule has 6 nitrogen and oxygen atoms in total. The minimum absolute atomic E-state index is 0.124. The molecule has 7 heteroatoms. The van der Waals surface area contributed by atoms with Gasteiger partial charge in [0.05, 0.1) is 10.2 Å². The molecule has 2 heterocycles. The minimum Gasteiger partial charge on any atom is -0.421 e. The SMILES string of the molecule is Cc1ccc(-c2nnc(CCC(=O)Nc3nc4ccc(C)cc4s3)o2)cc1. The van der Waals surface area contributed by atoms with Crippen LogP contribution in [0.25, 0.3) is 21.7 Å². The van der Waals surface area contributed by atoms with Crippen molar-refractivity contribution in [3.8, 4) is 11.5 Å². The Labute approximate surface area is 160 Å². The van der Waals surface area contributed by atoms with Gasteiger partial charge in [0.15, 0.2) is 5.13 Å². The fraction of sp³-hybridized carbons (Fsp3) is 0.200. The van der Waals surface area contributed by atoms with E-state index in [0.29, 0.717) is 23.3 Å². The van der Waals surface area contributed by atoms with Crippen LogP contribution in [0.5, 0.6) is 0 Å². The molecule has 4 rings (SSSR count). The summed E-state index contributed by atoms with van der Waals surface area (Å²) in [6, 6.07) is 13.9. The number of carbonyl (C=O) groups excluding carboxylic acids is 1. The average molecular weight is 378 g/mol. The van der Waals surface area contributed by atoms with E-state index in [2.05, 4.69) is 26.6 Å². The van der Waals surface area contributed by atoms with E-state index < -0.39 is 0 Å². The predicted molar refractivity (Wildman–Crippen MR) is 106 cm³/mol. The Morgan fingerprint density at radius 2 is 1.85 bits per heavy atom. The first-order chi connectivity index (χ1) is 13.1. The molecule has 0 fully saturated rings. The lowest BCUT2D eigenvalue weighted by Gasteiger charge is -1.99. The smallest absolute Gasteiger partial charge is 0.247 e. The highest BCUT2D eigenvalue weighted by Gasteiger charge is 2.12.